The quantitative estimate of drug-likeness (QED) is 0.873. The molecule has 0 spiro atoms. The lowest BCUT2D eigenvalue weighted by atomic mass is 9.99. The molecule has 4 nitrogen and oxygen atoms in total. The van der Waals surface area contributed by atoms with Crippen molar-refractivity contribution in [3.05, 3.63) is 24.0 Å². The number of hydrogen-bond acceptors (Lipinski definition) is 3. The SMILES string of the molecule is CCC1CCCCN1c1ccc(C(=O)NCCC(C)C)nc1. The van der Waals surface area contributed by atoms with E-state index in [0.717, 1.165) is 25.1 Å². The lowest BCUT2D eigenvalue weighted by Gasteiger charge is -2.37. The topological polar surface area (TPSA) is 45.2 Å². The fraction of sp³-hybridized carbons (Fsp3) is 0.667. The summed E-state index contributed by atoms with van der Waals surface area (Å²) in [5.74, 6) is 0.526. The molecule has 0 aliphatic carbocycles. The van der Waals surface area contributed by atoms with Crippen molar-refractivity contribution in [2.24, 2.45) is 5.92 Å². The van der Waals surface area contributed by atoms with Crippen LogP contribution < -0.4 is 10.2 Å². The molecule has 1 aliphatic rings. The minimum Gasteiger partial charge on any atom is -0.367 e. The van der Waals surface area contributed by atoms with Gasteiger partial charge in [0.05, 0.1) is 11.9 Å². The number of carbonyl (C=O) groups is 1. The molecule has 1 atom stereocenters. The lowest BCUT2D eigenvalue weighted by molar-refractivity contribution is 0.0947. The molecule has 1 N–H and O–H groups in total. The summed E-state index contributed by atoms with van der Waals surface area (Å²) in [4.78, 5) is 18.9. The van der Waals surface area contributed by atoms with Crippen molar-refractivity contribution in [1.29, 1.82) is 0 Å². The van der Waals surface area contributed by atoms with Gasteiger partial charge in [0.25, 0.3) is 5.91 Å². The maximum atomic E-state index is 12.0. The van der Waals surface area contributed by atoms with Crippen LogP contribution in [0.1, 0.15) is 63.4 Å². The van der Waals surface area contributed by atoms with E-state index in [-0.39, 0.29) is 5.91 Å². The van der Waals surface area contributed by atoms with Crippen LogP contribution in [-0.2, 0) is 0 Å². The van der Waals surface area contributed by atoms with Crippen molar-refractivity contribution in [3.8, 4) is 0 Å². The van der Waals surface area contributed by atoms with E-state index >= 15 is 0 Å². The maximum Gasteiger partial charge on any atom is 0.269 e. The second-order valence-electron chi connectivity index (χ2n) is 6.59. The molecule has 0 aromatic carbocycles. The fourth-order valence-electron chi connectivity index (χ4n) is 3.02. The maximum absolute atomic E-state index is 12.0. The fourth-order valence-corrected chi connectivity index (χ4v) is 3.02. The second-order valence-corrected chi connectivity index (χ2v) is 6.59. The molecule has 122 valence electrons. The Morgan fingerprint density at radius 3 is 2.86 bits per heavy atom. The van der Waals surface area contributed by atoms with E-state index in [0.29, 0.717) is 24.2 Å². The van der Waals surface area contributed by atoms with Crippen molar-refractivity contribution in [1.82, 2.24) is 10.3 Å². The van der Waals surface area contributed by atoms with Gasteiger partial charge in [0.2, 0.25) is 0 Å². The molecule has 0 saturated carbocycles. The van der Waals surface area contributed by atoms with Crippen molar-refractivity contribution in [2.75, 3.05) is 18.0 Å². The summed E-state index contributed by atoms with van der Waals surface area (Å²) >= 11 is 0. The van der Waals surface area contributed by atoms with Crippen LogP contribution >= 0.6 is 0 Å². The smallest absolute Gasteiger partial charge is 0.269 e. The van der Waals surface area contributed by atoms with Crippen LogP contribution in [0.5, 0.6) is 0 Å². The minimum atomic E-state index is -0.0714. The predicted octanol–water partition coefficient (Wildman–Crippen LogP) is 3.63. The zero-order chi connectivity index (χ0) is 15.9. The van der Waals surface area contributed by atoms with Crippen molar-refractivity contribution < 1.29 is 4.79 Å². The normalized spacial score (nSPS) is 18.5. The molecular weight excluding hydrogens is 274 g/mol. The van der Waals surface area contributed by atoms with E-state index in [2.05, 4.69) is 36.0 Å². The molecule has 1 aromatic rings. The van der Waals surface area contributed by atoms with Crippen LogP contribution in [-0.4, -0.2) is 30.0 Å². The number of anilines is 1. The van der Waals surface area contributed by atoms with E-state index in [1.165, 1.54) is 19.3 Å². The van der Waals surface area contributed by atoms with Gasteiger partial charge in [0, 0.05) is 19.1 Å². The van der Waals surface area contributed by atoms with Gasteiger partial charge in [-0.05, 0) is 50.2 Å². The molecule has 0 radical (unpaired) electrons. The summed E-state index contributed by atoms with van der Waals surface area (Å²) in [6, 6.07) is 4.50. The predicted molar refractivity (Wildman–Crippen MR) is 91.3 cm³/mol. The third-order valence-electron chi connectivity index (χ3n) is 4.42. The number of nitrogens with zero attached hydrogens (tertiary/aromatic N) is 2. The van der Waals surface area contributed by atoms with Crippen molar-refractivity contribution >= 4 is 11.6 Å². The van der Waals surface area contributed by atoms with Gasteiger partial charge in [-0.15, -0.1) is 0 Å². The average Bonchev–Trinajstić information content (AvgIpc) is 2.54. The van der Waals surface area contributed by atoms with Crippen LogP contribution in [0.4, 0.5) is 5.69 Å². The Morgan fingerprint density at radius 2 is 2.23 bits per heavy atom. The van der Waals surface area contributed by atoms with E-state index in [9.17, 15) is 4.79 Å². The first kappa shape index (κ1) is 16.8. The largest absolute Gasteiger partial charge is 0.367 e. The van der Waals surface area contributed by atoms with Crippen LogP contribution in [0.25, 0.3) is 0 Å². The first-order valence-corrected chi connectivity index (χ1v) is 8.62. The van der Waals surface area contributed by atoms with Crippen LogP contribution in [0.3, 0.4) is 0 Å². The molecule has 1 saturated heterocycles. The average molecular weight is 303 g/mol. The number of carbonyl (C=O) groups excluding carboxylic acids is 1. The van der Waals surface area contributed by atoms with Gasteiger partial charge in [0.15, 0.2) is 0 Å². The van der Waals surface area contributed by atoms with Gasteiger partial charge in [-0.3, -0.25) is 4.79 Å². The van der Waals surface area contributed by atoms with Gasteiger partial charge in [-0.2, -0.15) is 0 Å². The third kappa shape index (κ3) is 4.46. The number of amides is 1. The number of hydrogen-bond donors (Lipinski definition) is 1. The summed E-state index contributed by atoms with van der Waals surface area (Å²) in [6.45, 7) is 8.36. The van der Waals surface area contributed by atoms with E-state index in [1.807, 2.05) is 18.3 Å². The second kappa shape index (κ2) is 8.16. The molecule has 22 heavy (non-hydrogen) atoms. The number of pyridine rings is 1. The lowest BCUT2D eigenvalue weighted by Crippen LogP contribution is -2.39. The first-order valence-electron chi connectivity index (χ1n) is 8.62. The number of nitrogens with one attached hydrogen (secondary N) is 1. The molecule has 1 unspecified atom stereocenters. The zero-order valence-corrected chi connectivity index (χ0v) is 14.1. The van der Waals surface area contributed by atoms with Gasteiger partial charge in [-0.25, -0.2) is 4.98 Å². The van der Waals surface area contributed by atoms with Crippen LogP contribution in [0.15, 0.2) is 18.3 Å². The number of piperidine rings is 1. The van der Waals surface area contributed by atoms with Gasteiger partial charge in [0.1, 0.15) is 5.69 Å². The Bertz CT molecular complexity index is 470. The molecular formula is C18H29N3O. The third-order valence-corrected chi connectivity index (χ3v) is 4.42. The molecule has 2 rings (SSSR count). The summed E-state index contributed by atoms with van der Waals surface area (Å²) in [6.07, 6.45) is 7.83. The number of rotatable bonds is 6. The highest BCUT2D eigenvalue weighted by Gasteiger charge is 2.21. The molecule has 1 amide bonds. The Balaban J connectivity index is 1.95. The Morgan fingerprint density at radius 1 is 1.41 bits per heavy atom. The van der Waals surface area contributed by atoms with Crippen molar-refractivity contribution in [2.45, 2.75) is 58.9 Å². The molecule has 4 heteroatoms. The highest BCUT2D eigenvalue weighted by molar-refractivity contribution is 5.92. The van der Waals surface area contributed by atoms with Gasteiger partial charge < -0.3 is 10.2 Å². The summed E-state index contributed by atoms with van der Waals surface area (Å²) in [5, 5.41) is 2.93. The summed E-state index contributed by atoms with van der Waals surface area (Å²) < 4.78 is 0. The Hall–Kier alpha value is -1.58. The molecule has 1 aliphatic heterocycles. The molecule has 1 fully saturated rings. The van der Waals surface area contributed by atoms with Gasteiger partial charge in [-0.1, -0.05) is 20.8 Å². The summed E-state index contributed by atoms with van der Waals surface area (Å²) in [5.41, 5.74) is 1.66. The van der Waals surface area contributed by atoms with E-state index in [4.69, 9.17) is 0 Å². The first-order chi connectivity index (χ1) is 10.6. The Labute approximate surface area is 134 Å². The van der Waals surface area contributed by atoms with Crippen LogP contribution in [0.2, 0.25) is 0 Å². The zero-order valence-electron chi connectivity index (χ0n) is 14.1. The molecule has 2 heterocycles. The van der Waals surface area contributed by atoms with Gasteiger partial charge >= 0.3 is 0 Å². The minimum absolute atomic E-state index is 0.0714. The monoisotopic (exact) mass is 303 g/mol. The standard InChI is InChI=1S/C18H29N3O/c1-4-15-7-5-6-12-21(15)16-8-9-17(20-13-16)18(22)19-11-10-14(2)3/h8-9,13-15H,4-7,10-12H2,1-3H3,(H,19,22). The highest BCUT2D eigenvalue weighted by atomic mass is 16.1. The van der Waals surface area contributed by atoms with Crippen LogP contribution in [0, 0.1) is 5.92 Å². The van der Waals surface area contributed by atoms with E-state index < -0.39 is 0 Å². The molecule has 0 bridgehead atoms. The molecule has 1 aromatic heterocycles. The highest BCUT2D eigenvalue weighted by Crippen LogP contribution is 2.25. The summed E-state index contributed by atoms with van der Waals surface area (Å²) in [7, 11) is 0. The van der Waals surface area contributed by atoms with E-state index in [1.54, 1.807) is 0 Å². The Kier molecular flexibility index (Phi) is 6.22. The van der Waals surface area contributed by atoms with Crippen molar-refractivity contribution in [3.63, 3.8) is 0 Å². The number of aromatic nitrogens is 1.